The summed E-state index contributed by atoms with van der Waals surface area (Å²) in [7, 11) is 0. The number of ketones is 1. The molecule has 6 rings (SSSR count). The number of carbonyl (C=O) groups is 1. The van der Waals surface area contributed by atoms with Gasteiger partial charge in [-0.05, 0) is 86.0 Å². The molecule has 31 heavy (non-hydrogen) atoms. The lowest BCUT2D eigenvalue weighted by atomic mass is 9.45. The average molecular weight is 428 g/mol. The van der Waals surface area contributed by atoms with Crippen LogP contribution in [0.4, 0.5) is 0 Å². The quantitative estimate of drug-likeness (QED) is 0.599. The van der Waals surface area contributed by atoms with Crippen molar-refractivity contribution >= 4 is 5.78 Å². The number of rotatable bonds is 0. The topological polar surface area (TPSA) is 58.6 Å². The predicted molar refractivity (Wildman–Crippen MR) is 120 cm³/mol. The third-order valence-corrected chi connectivity index (χ3v) is 11.6. The van der Waals surface area contributed by atoms with Gasteiger partial charge in [0, 0.05) is 24.3 Å². The van der Waals surface area contributed by atoms with Gasteiger partial charge in [-0.25, -0.2) is 0 Å². The van der Waals surface area contributed by atoms with E-state index < -0.39 is 0 Å². The zero-order chi connectivity index (χ0) is 21.8. The Morgan fingerprint density at radius 3 is 2.65 bits per heavy atom. The van der Waals surface area contributed by atoms with Gasteiger partial charge in [0.2, 0.25) is 0 Å². The second-order valence-electron chi connectivity index (χ2n) is 12.7. The van der Waals surface area contributed by atoms with Crippen molar-refractivity contribution in [2.24, 2.45) is 46.3 Å². The van der Waals surface area contributed by atoms with E-state index in [9.17, 15) is 9.90 Å². The maximum Gasteiger partial charge on any atom is 0.155 e. The lowest BCUT2D eigenvalue weighted by Crippen LogP contribution is -2.59. The van der Waals surface area contributed by atoms with E-state index in [4.69, 9.17) is 4.74 Å². The highest BCUT2D eigenvalue weighted by molar-refractivity contribution is 5.91. The second-order valence-corrected chi connectivity index (χ2v) is 12.7. The van der Waals surface area contributed by atoms with Gasteiger partial charge in [0.15, 0.2) is 5.78 Å². The molecule has 0 bridgehead atoms. The molecule has 0 radical (unpaired) electrons. The van der Waals surface area contributed by atoms with Crippen LogP contribution in [-0.2, 0) is 9.53 Å². The largest absolute Gasteiger partial charge is 0.393 e. The number of nitrogens with one attached hydrogen (secondary N) is 1. The van der Waals surface area contributed by atoms with Gasteiger partial charge >= 0.3 is 0 Å². The standard InChI is InChI=1S/C27H41NO3/c1-15-7-10-27(28-14-15)16(2)24-22(31-27)12-21-19-6-5-17-11-18(29)8-9-25(17,3)20(19)13-23(30)26(21,24)4/h11,15-16,19-24,28,30H,5-10,12-14H2,1-4H3/t15-,16-,19+,20-,21-,22-,23+,24-,25-,26+,27-/m0/s1. The molecule has 0 aromatic rings. The highest BCUT2D eigenvalue weighted by Crippen LogP contribution is 2.70. The zero-order valence-corrected chi connectivity index (χ0v) is 19.8. The summed E-state index contributed by atoms with van der Waals surface area (Å²) in [6.45, 7) is 10.6. The van der Waals surface area contributed by atoms with E-state index in [1.165, 1.54) is 18.4 Å². The Hall–Kier alpha value is -0.710. The van der Waals surface area contributed by atoms with Crippen LogP contribution in [0.15, 0.2) is 11.6 Å². The summed E-state index contributed by atoms with van der Waals surface area (Å²) < 4.78 is 6.93. The number of carbonyl (C=O) groups excluding carboxylic acids is 1. The minimum absolute atomic E-state index is 0.0540. The molecule has 0 aromatic carbocycles. The van der Waals surface area contributed by atoms with Crippen LogP contribution in [-0.4, -0.2) is 35.4 Å². The van der Waals surface area contributed by atoms with Crippen molar-refractivity contribution in [3.63, 3.8) is 0 Å². The summed E-state index contributed by atoms with van der Waals surface area (Å²) in [5.74, 6) is 3.60. The minimum atomic E-state index is -0.272. The van der Waals surface area contributed by atoms with E-state index in [0.717, 1.165) is 44.6 Å². The summed E-state index contributed by atoms with van der Waals surface area (Å²) in [5.41, 5.74) is 1.25. The lowest BCUT2D eigenvalue weighted by Gasteiger charge is -2.60. The number of hydrogen-bond acceptors (Lipinski definition) is 4. The number of aliphatic hydroxyl groups excluding tert-OH is 1. The molecule has 0 unspecified atom stereocenters. The van der Waals surface area contributed by atoms with Gasteiger partial charge in [0.05, 0.1) is 12.2 Å². The first kappa shape index (κ1) is 20.9. The monoisotopic (exact) mass is 427 g/mol. The highest BCUT2D eigenvalue weighted by atomic mass is 16.5. The van der Waals surface area contributed by atoms with Crippen molar-refractivity contribution in [3.05, 3.63) is 11.6 Å². The van der Waals surface area contributed by atoms with Crippen LogP contribution in [0.2, 0.25) is 0 Å². The second kappa shape index (κ2) is 6.67. The normalized spacial score (nSPS) is 58.4. The van der Waals surface area contributed by atoms with E-state index >= 15 is 0 Å². The van der Waals surface area contributed by atoms with Crippen molar-refractivity contribution in [2.75, 3.05) is 6.54 Å². The van der Waals surface area contributed by atoms with Crippen LogP contribution >= 0.6 is 0 Å². The summed E-state index contributed by atoms with van der Waals surface area (Å²) in [4.78, 5) is 12.1. The van der Waals surface area contributed by atoms with Gasteiger partial charge < -0.3 is 9.84 Å². The lowest BCUT2D eigenvalue weighted by molar-refractivity contribution is -0.149. The number of ether oxygens (including phenoxy) is 1. The predicted octanol–water partition coefficient (Wildman–Crippen LogP) is 4.47. The zero-order valence-electron chi connectivity index (χ0n) is 19.8. The van der Waals surface area contributed by atoms with Gasteiger partial charge in [-0.2, -0.15) is 0 Å². The molecule has 4 aliphatic carbocycles. The first-order valence-electron chi connectivity index (χ1n) is 13.0. The first-order valence-corrected chi connectivity index (χ1v) is 13.0. The van der Waals surface area contributed by atoms with E-state index in [1.54, 1.807) is 0 Å². The Morgan fingerprint density at radius 2 is 1.90 bits per heavy atom. The molecule has 5 fully saturated rings. The van der Waals surface area contributed by atoms with Crippen molar-refractivity contribution in [3.8, 4) is 0 Å². The smallest absolute Gasteiger partial charge is 0.155 e. The Bertz CT molecular complexity index is 813. The van der Waals surface area contributed by atoms with E-state index in [0.29, 0.717) is 41.8 Å². The molecule has 172 valence electrons. The molecule has 3 saturated carbocycles. The van der Waals surface area contributed by atoms with E-state index in [1.807, 2.05) is 6.08 Å². The number of allylic oxidation sites excluding steroid dienone is 1. The molecule has 2 saturated heterocycles. The molecule has 0 aromatic heterocycles. The molecule has 11 atom stereocenters. The van der Waals surface area contributed by atoms with Crippen LogP contribution in [0.3, 0.4) is 0 Å². The van der Waals surface area contributed by atoms with Crippen LogP contribution < -0.4 is 5.32 Å². The molecular weight excluding hydrogens is 386 g/mol. The van der Waals surface area contributed by atoms with Crippen LogP contribution in [0.5, 0.6) is 0 Å². The summed E-state index contributed by atoms with van der Waals surface area (Å²) in [5, 5.41) is 15.6. The summed E-state index contributed by atoms with van der Waals surface area (Å²) in [6, 6.07) is 0. The van der Waals surface area contributed by atoms with Gasteiger partial charge in [-0.15, -0.1) is 0 Å². The Balaban J connectivity index is 1.32. The van der Waals surface area contributed by atoms with Crippen LogP contribution in [0.25, 0.3) is 0 Å². The van der Waals surface area contributed by atoms with Crippen molar-refractivity contribution < 1.29 is 14.6 Å². The van der Waals surface area contributed by atoms with E-state index in [-0.39, 0.29) is 28.8 Å². The van der Waals surface area contributed by atoms with Gasteiger partial charge in [0.25, 0.3) is 0 Å². The SMILES string of the molecule is C[C@H]1CC[C@]2(NC1)O[C@H]1C[C@H]3[C@@H]4CCC5=CC(=O)CC[C@]5(C)[C@H]4C[C@@H](O)[C@]3(C)[C@H]1[C@@H]2C. The van der Waals surface area contributed by atoms with Gasteiger partial charge in [-0.3, -0.25) is 10.1 Å². The molecule has 4 nitrogen and oxygen atoms in total. The summed E-state index contributed by atoms with van der Waals surface area (Å²) in [6.07, 6.45) is 10.2. The Morgan fingerprint density at radius 1 is 1.10 bits per heavy atom. The Kier molecular flexibility index (Phi) is 4.49. The average Bonchev–Trinajstić information content (AvgIpc) is 3.18. The molecule has 6 aliphatic rings. The summed E-state index contributed by atoms with van der Waals surface area (Å²) >= 11 is 0. The highest BCUT2D eigenvalue weighted by Gasteiger charge is 2.70. The number of hydrogen-bond donors (Lipinski definition) is 2. The molecule has 0 amide bonds. The molecular formula is C27H41NO3. The maximum atomic E-state index is 12.1. The third-order valence-electron chi connectivity index (χ3n) is 11.6. The molecule has 1 spiro atoms. The third kappa shape index (κ3) is 2.62. The van der Waals surface area contributed by atoms with Gasteiger partial charge in [-0.1, -0.05) is 33.3 Å². The minimum Gasteiger partial charge on any atom is -0.393 e. The van der Waals surface area contributed by atoms with Crippen LogP contribution in [0.1, 0.15) is 79.1 Å². The number of fused-ring (bicyclic) bond motifs is 7. The van der Waals surface area contributed by atoms with Crippen LogP contribution in [0, 0.1) is 46.3 Å². The molecule has 2 aliphatic heterocycles. The van der Waals surface area contributed by atoms with Crippen molar-refractivity contribution in [1.29, 1.82) is 0 Å². The Labute approximate surface area is 187 Å². The van der Waals surface area contributed by atoms with Gasteiger partial charge in [0.1, 0.15) is 5.72 Å². The molecule has 4 heteroatoms. The fourth-order valence-corrected chi connectivity index (χ4v) is 9.70. The van der Waals surface area contributed by atoms with E-state index in [2.05, 4.69) is 33.0 Å². The molecule has 2 heterocycles. The fraction of sp³-hybridized carbons (Fsp3) is 0.889. The van der Waals surface area contributed by atoms with Crippen molar-refractivity contribution in [1.82, 2.24) is 5.32 Å². The molecule has 2 N–H and O–H groups in total. The van der Waals surface area contributed by atoms with Crippen molar-refractivity contribution in [2.45, 2.75) is 97.0 Å². The maximum absolute atomic E-state index is 12.1. The first-order chi connectivity index (χ1) is 14.7. The number of piperidine rings is 1. The number of aliphatic hydroxyl groups is 1. The fourth-order valence-electron chi connectivity index (χ4n) is 9.70.